The van der Waals surface area contributed by atoms with E-state index < -0.39 is 4.92 Å². The Labute approximate surface area is 110 Å². The molecule has 0 aliphatic rings. The van der Waals surface area contributed by atoms with Gasteiger partial charge in [-0.15, -0.1) is 11.6 Å². The first-order valence-corrected chi connectivity index (χ1v) is 6.27. The molecule has 0 aromatic heterocycles. The van der Waals surface area contributed by atoms with Gasteiger partial charge in [-0.2, -0.15) is 0 Å². The lowest BCUT2D eigenvalue weighted by molar-refractivity contribution is -0.384. The summed E-state index contributed by atoms with van der Waals surface area (Å²) in [7, 11) is 0. The van der Waals surface area contributed by atoms with Crippen molar-refractivity contribution in [2.24, 2.45) is 0 Å². The second-order valence-electron chi connectivity index (χ2n) is 3.86. The van der Waals surface area contributed by atoms with E-state index in [0.717, 1.165) is 19.3 Å². The van der Waals surface area contributed by atoms with Crippen LogP contribution in [0.1, 0.15) is 25.7 Å². The molecule has 1 amide bonds. The third-order valence-electron chi connectivity index (χ3n) is 2.38. The Bertz CT molecular complexity index is 424. The highest BCUT2D eigenvalue weighted by Gasteiger charge is 2.07. The number of non-ortho nitro benzene ring substituents is 1. The van der Waals surface area contributed by atoms with Crippen LogP contribution < -0.4 is 5.32 Å². The lowest BCUT2D eigenvalue weighted by Crippen LogP contribution is -2.11. The van der Waals surface area contributed by atoms with Gasteiger partial charge in [-0.3, -0.25) is 14.9 Å². The molecule has 0 aliphatic heterocycles. The molecule has 0 heterocycles. The summed E-state index contributed by atoms with van der Waals surface area (Å²) in [5.74, 6) is 0.469. The molecule has 98 valence electrons. The van der Waals surface area contributed by atoms with Crippen LogP contribution in [0.5, 0.6) is 0 Å². The summed E-state index contributed by atoms with van der Waals surface area (Å²) in [5, 5.41) is 13.2. The van der Waals surface area contributed by atoms with E-state index in [2.05, 4.69) is 5.32 Å². The number of unbranched alkanes of at least 4 members (excludes halogenated alkanes) is 2. The molecular formula is C12H15ClN2O3. The van der Waals surface area contributed by atoms with Crippen LogP contribution in [0.25, 0.3) is 0 Å². The number of hydrogen-bond donors (Lipinski definition) is 1. The molecule has 0 aliphatic carbocycles. The first kappa shape index (κ1) is 14.4. The van der Waals surface area contributed by atoms with E-state index in [1.165, 1.54) is 12.1 Å². The number of rotatable bonds is 7. The van der Waals surface area contributed by atoms with Gasteiger partial charge < -0.3 is 5.32 Å². The maximum absolute atomic E-state index is 11.5. The Balaban J connectivity index is 2.44. The minimum Gasteiger partial charge on any atom is -0.326 e. The molecule has 0 saturated carbocycles. The average Bonchev–Trinajstić information content (AvgIpc) is 2.35. The lowest BCUT2D eigenvalue weighted by Gasteiger charge is -2.04. The van der Waals surface area contributed by atoms with Crippen LogP contribution in [0.2, 0.25) is 0 Å². The van der Waals surface area contributed by atoms with Crippen LogP contribution in [0.3, 0.4) is 0 Å². The Morgan fingerprint density at radius 1 is 1.33 bits per heavy atom. The van der Waals surface area contributed by atoms with Crippen LogP contribution in [0, 0.1) is 10.1 Å². The summed E-state index contributed by atoms with van der Waals surface area (Å²) in [6.45, 7) is 0. The molecule has 0 spiro atoms. The fraction of sp³-hybridized carbons (Fsp3) is 0.417. The first-order chi connectivity index (χ1) is 8.63. The van der Waals surface area contributed by atoms with E-state index >= 15 is 0 Å². The number of nitrogens with zero attached hydrogens (tertiary/aromatic N) is 1. The maximum atomic E-state index is 11.5. The fourth-order valence-corrected chi connectivity index (χ4v) is 1.67. The number of anilines is 1. The molecule has 6 heteroatoms. The van der Waals surface area contributed by atoms with Gasteiger partial charge in [-0.05, 0) is 18.9 Å². The molecular weight excluding hydrogens is 256 g/mol. The predicted molar refractivity (Wildman–Crippen MR) is 70.9 cm³/mol. The van der Waals surface area contributed by atoms with Crippen LogP contribution >= 0.6 is 11.6 Å². The van der Waals surface area contributed by atoms with Crippen LogP contribution in [-0.4, -0.2) is 16.7 Å². The molecule has 5 nitrogen and oxygen atoms in total. The monoisotopic (exact) mass is 270 g/mol. The molecule has 0 radical (unpaired) electrons. The summed E-state index contributed by atoms with van der Waals surface area (Å²) >= 11 is 5.53. The standard InChI is InChI=1S/C12H15ClN2O3/c13-8-3-1-2-7-12(16)14-10-5-4-6-11(9-10)15(17)18/h4-6,9H,1-3,7-8H2,(H,14,16). The number of carbonyl (C=O) groups is 1. The third-order valence-corrected chi connectivity index (χ3v) is 2.65. The van der Waals surface area contributed by atoms with Gasteiger partial charge >= 0.3 is 0 Å². The summed E-state index contributed by atoms with van der Waals surface area (Å²) in [4.78, 5) is 21.6. The van der Waals surface area contributed by atoms with Crippen molar-refractivity contribution in [1.82, 2.24) is 0 Å². The van der Waals surface area contributed by atoms with E-state index in [1.807, 2.05) is 0 Å². The molecule has 18 heavy (non-hydrogen) atoms. The van der Waals surface area contributed by atoms with E-state index in [4.69, 9.17) is 11.6 Å². The van der Waals surface area contributed by atoms with Gasteiger partial charge in [0.25, 0.3) is 5.69 Å². The smallest absolute Gasteiger partial charge is 0.271 e. The Morgan fingerprint density at radius 3 is 2.78 bits per heavy atom. The number of nitro benzene ring substituents is 1. The molecule has 1 rings (SSSR count). The van der Waals surface area contributed by atoms with Crippen molar-refractivity contribution in [2.45, 2.75) is 25.7 Å². The highest BCUT2D eigenvalue weighted by atomic mass is 35.5. The minimum absolute atomic E-state index is 0.0325. The van der Waals surface area contributed by atoms with E-state index in [0.29, 0.717) is 18.0 Å². The second kappa shape index (κ2) is 7.66. The summed E-state index contributed by atoms with van der Waals surface area (Å²) in [6.07, 6.45) is 2.98. The van der Waals surface area contributed by atoms with Crippen LogP contribution in [-0.2, 0) is 4.79 Å². The number of halogens is 1. The van der Waals surface area contributed by atoms with Gasteiger partial charge in [0.1, 0.15) is 0 Å². The molecule has 0 bridgehead atoms. The van der Waals surface area contributed by atoms with E-state index in [9.17, 15) is 14.9 Å². The third kappa shape index (κ3) is 5.14. The first-order valence-electron chi connectivity index (χ1n) is 5.74. The number of benzene rings is 1. The van der Waals surface area contributed by atoms with Crippen molar-refractivity contribution in [3.05, 3.63) is 34.4 Å². The number of nitrogens with one attached hydrogen (secondary N) is 1. The molecule has 0 atom stereocenters. The van der Waals surface area contributed by atoms with Crippen molar-refractivity contribution in [2.75, 3.05) is 11.2 Å². The van der Waals surface area contributed by atoms with E-state index in [1.54, 1.807) is 12.1 Å². The van der Waals surface area contributed by atoms with Crippen molar-refractivity contribution in [3.8, 4) is 0 Å². The zero-order valence-corrected chi connectivity index (χ0v) is 10.7. The molecule has 1 aromatic carbocycles. The number of amides is 1. The summed E-state index contributed by atoms with van der Waals surface area (Å²) < 4.78 is 0. The van der Waals surface area contributed by atoms with Gasteiger partial charge in [0.15, 0.2) is 0 Å². The zero-order chi connectivity index (χ0) is 13.4. The molecule has 1 N–H and O–H groups in total. The lowest BCUT2D eigenvalue weighted by atomic mass is 10.2. The number of carbonyl (C=O) groups excluding carboxylic acids is 1. The number of nitro groups is 1. The topological polar surface area (TPSA) is 72.2 Å². The second-order valence-corrected chi connectivity index (χ2v) is 4.23. The SMILES string of the molecule is O=C(CCCCCCl)Nc1cccc([N+](=O)[O-])c1. The molecule has 1 aromatic rings. The number of hydrogen-bond acceptors (Lipinski definition) is 3. The maximum Gasteiger partial charge on any atom is 0.271 e. The Hall–Kier alpha value is -1.62. The largest absolute Gasteiger partial charge is 0.326 e. The van der Waals surface area contributed by atoms with Crippen LogP contribution in [0.15, 0.2) is 24.3 Å². The van der Waals surface area contributed by atoms with Gasteiger partial charge in [0.05, 0.1) is 4.92 Å². The Kier molecular flexibility index (Phi) is 6.14. The van der Waals surface area contributed by atoms with Gasteiger partial charge in [0, 0.05) is 30.1 Å². The summed E-state index contributed by atoms with van der Waals surface area (Å²) in [6, 6.07) is 5.90. The van der Waals surface area contributed by atoms with Crippen molar-refractivity contribution >= 4 is 28.9 Å². The van der Waals surface area contributed by atoms with Gasteiger partial charge in [-0.1, -0.05) is 12.5 Å². The molecule has 0 saturated heterocycles. The van der Waals surface area contributed by atoms with Crippen molar-refractivity contribution in [3.63, 3.8) is 0 Å². The normalized spacial score (nSPS) is 10.1. The minimum atomic E-state index is -0.490. The van der Waals surface area contributed by atoms with Crippen molar-refractivity contribution in [1.29, 1.82) is 0 Å². The van der Waals surface area contributed by atoms with Crippen molar-refractivity contribution < 1.29 is 9.72 Å². The predicted octanol–water partition coefficient (Wildman–Crippen LogP) is 3.33. The van der Waals surface area contributed by atoms with E-state index in [-0.39, 0.29) is 11.6 Å². The van der Waals surface area contributed by atoms with Crippen LogP contribution in [0.4, 0.5) is 11.4 Å². The highest BCUT2D eigenvalue weighted by Crippen LogP contribution is 2.17. The zero-order valence-electron chi connectivity index (χ0n) is 9.89. The summed E-state index contributed by atoms with van der Waals surface area (Å²) in [5.41, 5.74) is 0.418. The quantitative estimate of drug-likeness (QED) is 0.357. The molecule has 0 unspecified atom stereocenters. The highest BCUT2D eigenvalue weighted by molar-refractivity contribution is 6.17. The number of alkyl halides is 1. The average molecular weight is 271 g/mol. The molecule has 0 fully saturated rings. The van der Waals surface area contributed by atoms with Gasteiger partial charge in [-0.25, -0.2) is 0 Å². The van der Waals surface area contributed by atoms with Gasteiger partial charge in [0.2, 0.25) is 5.91 Å². The fourth-order valence-electron chi connectivity index (χ4n) is 1.48. The Morgan fingerprint density at radius 2 is 2.11 bits per heavy atom.